The molecule has 118 valence electrons. The SMILES string of the molecule is O=C(Cc1ccccc1)N1CCC2(CC1)OCc1ccccc12. The minimum atomic E-state index is -0.167. The molecule has 2 aliphatic rings. The Morgan fingerprint density at radius 3 is 2.48 bits per heavy atom. The van der Waals surface area contributed by atoms with Crippen LogP contribution >= 0.6 is 0 Å². The van der Waals surface area contributed by atoms with E-state index in [0.717, 1.165) is 31.5 Å². The van der Waals surface area contributed by atoms with E-state index in [4.69, 9.17) is 4.74 Å². The molecule has 2 aromatic carbocycles. The Morgan fingerprint density at radius 1 is 1.00 bits per heavy atom. The first-order valence-electron chi connectivity index (χ1n) is 8.31. The fourth-order valence-corrected chi connectivity index (χ4v) is 3.80. The van der Waals surface area contributed by atoms with Gasteiger partial charge in [-0.25, -0.2) is 0 Å². The lowest BCUT2D eigenvalue weighted by Gasteiger charge is -2.39. The Kier molecular flexibility index (Phi) is 3.66. The summed E-state index contributed by atoms with van der Waals surface area (Å²) in [6.45, 7) is 2.26. The highest BCUT2D eigenvalue weighted by Crippen LogP contribution is 2.43. The fourth-order valence-electron chi connectivity index (χ4n) is 3.80. The third-order valence-corrected chi connectivity index (χ3v) is 5.13. The van der Waals surface area contributed by atoms with Crippen molar-refractivity contribution in [1.82, 2.24) is 4.90 Å². The van der Waals surface area contributed by atoms with Crippen molar-refractivity contribution in [2.75, 3.05) is 13.1 Å². The van der Waals surface area contributed by atoms with Crippen molar-refractivity contribution in [3.63, 3.8) is 0 Å². The predicted octanol–water partition coefficient (Wildman–Crippen LogP) is 3.28. The van der Waals surface area contributed by atoms with Crippen LogP contribution in [0.15, 0.2) is 54.6 Å². The molecule has 23 heavy (non-hydrogen) atoms. The number of ether oxygens (including phenoxy) is 1. The number of carbonyl (C=O) groups is 1. The maximum Gasteiger partial charge on any atom is 0.226 e. The van der Waals surface area contributed by atoms with E-state index in [-0.39, 0.29) is 11.5 Å². The topological polar surface area (TPSA) is 29.5 Å². The molecule has 0 saturated carbocycles. The van der Waals surface area contributed by atoms with Gasteiger partial charge in [-0.15, -0.1) is 0 Å². The molecule has 0 N–H and O–H groups in total. The molecular formula is C20H21NO2. The zero-order valence-corrected chi connectivity index (χ0v) is 13.2. The van der Waals surface area contributed by atoms with Crippen LogP contribution in [0, 0.1) is 0 Å². The Bertz CT molecular complexity index is 703. The van der Waals surface area contributed by atoms with E-state index in [1.807, 2.05) is 35.2 Å². The molecule has 2 aliphatic heterocycles. The summed E-state index contributed by atoms with van der Waals surface area (Å²) in [4.78, 5) is 14.5. The van der Waals surface area contributed by atoms with Gasteiger partial charge in [0.15, 0.2) is 0 Å². The molecule has 0 aromatic heterocycles. The second-order valence-corrected chi connectivity index (χ2v) is 6.48. The van der Waals surface area contributed by atoms with Crippen molar-refractivity contribution in [2.45, 2.75) is 31.5 Å². The van der Waals surface area contributed by atoms with Gasteiger partial charge in [0.05, 0.1) is 18.6 Å². The Morgan fingerprint density at radius 2 is 1.70 bits per heavy atom. The zero-order chi connectivity index (χ0) is 15.7. The molecule has 2 aromatic rings. The summed E-state index contributed by atoms with van der Waals surface area (Å²) in [6.07, 6.45) is 2.28. The van der Waals surface area contributed by atoms with Gasteiger partial charge in [0, 0.05) is 13.1 Å². The zero-order valence-electron chi connectivity index (χ0n) is 13.2. The average Bonchev–Trinajstić information content (AvgIpc) is 2.95. The molecule has 0 radical (unpaired) electrons. The van der Waals surface area contributed by atoms with E-state index in [0.29, 0.717) is 13.0 Å². The number of carbonyl (C=O) groups excluding carboxylic acids is 1. The van der Waals surface area contributed by atoms with Gasteiger partial charge in [-0.2, -0.15) is 0 Å². The summed E-state index contributed by atoms with van der Waals surface area (Å²) in [5.41, 5.74) is 3.55. The normalized spacial score (nSPS) is 18.9. The maximum absolute atomic E-state index is 12.5. The lowest BCUT2D eigenvalue weighted by Crippen LogP contribution is -2.45. The van der Waals surface area contributed by atoms with Crippen molar-refractivity contribution < 1.29 is 9.53 Å². The Labute approximate surface area is 136 Å². The molecule has 0 aliphatic carbocycles. The highest BCUT2D eigenvalue weighted by molar-refractivity contribution is 5.78. The molecule has 1 saturated heterocycles. The number of amides is 1. The molecule has 2 heterocycles. The van der Waals surface area contributed by atoms with E-state index in [1.165, 1.54) is 11.1 Å². The van der Waals surface area contributed by atoms with E-state index in [2.05, 4.69) is 24.3 Å². The largest absolute Gasteiger partial charge is 0.365 e. The first-order valence-corrected chi connectivity index (χ1v) is 8.31. The van der Waals surface area contributed by atoms with Gasteiger partial charge in [-0.1, -0.05) is 54.6 Å². The second kappa shape index (κ2) is 5.82. The molecule has 0 unspecified atom stereocenters. The van der Waals surface area contributed by atoms with Crippen LogP contribution in [-0.4, -0.2) is 23.9 Å². The monoisotopic (exact) mass is 307 g/mol. The first kappa shape index (κ1) is 14.5. The summed E-state index contributed by atoms with van der Waals surface area (Å²) in [5.74, 6) is 0.220. The standard InChI is InChI=1S/C20H21NO2/c22-19(14-16-6-2-1-3-7-16)21-12-10-20(11-13-21)18-9-5-4-8-17(18)15-23-20/h1-9H,10-15H2. The van der Waals surface area contributed by atoms with Crippen molar-refractivity contribution in [2.24, 2.45) is 0 Å². The molecule has 3 nitrogen and oxygen atoms in total. The van der Waals surface area contributed by atoms with E-state index in [9.17, 15) is 4.79 Å². The van der Waals surface area contributed by atoms with Gasteiger partial charge in [-0.05, 0) is 29.5 Å². The first-order chi connectivity index (χ1) is 11.3. The molecule has 1 fully saturated rings. The molecule has 3 heteroatoms. The van der Waals surface area contributed by atoms with E-state index >= 15 is 0 Å². The summed E-state index contributed by atoms with van der Waals surface area (Å²) in [6, 6.07) is 18.5. The lowest BCUT2D eigenvalue weighted by molar-refractivity contribution is -0.137. The van der Waals surface area contributed by atoms with Gasteiger partial charge >= 0.3 is 0 Å². The Balaban J connectivity index is 1.43. The van der Waals surface area contributed by atoms with Gasteiger partial charge in [0.1, 0.15) is 0 Å². The summed E-state index contributed by atoms with van der Waals surface area (Å²) in [7, 11) is 0. The molecule has 0 bridgehead atoms. The number of fused-ring (bicyclic) bond motifs is 2. The number of nitrogens with zero attached hydrogens (tertiary/aromatic N) is 1. The fraction of sp³-hybridized carbons (Fsp3) is 0.350. The summed E-state index contributed by atoms with van der Waals surface area (Å²) in [5, 5.41) is 0. The van der Waals surface area contributed by atoms with Crippen LogP contribution in [0.3, 0.4) is 0 Å². The second-order valence-electron chi connectivity index (χ2n) is 6.48. The smallest absolute Gasteiger partial charge is 0.226 e. The lowest BCUT2D eigenvalue weighted by atomic mass is 9.83. The van der Waals surface area contributed by atoms with Crippen LogP contribution in [0.1, 0.15) is 29.5 Å². The summed E-state index contributed by atoms with van der Waals surface area (Å²) >= 11 is 0. The molecule has 1 amide bonds. The van der Waals surface area contributed by atoms with Crippen molar-refractivity contribution in [3.05, 3.63) is 71.3 Å². The third kappa shape index (κ3) is 2.66. The van der Waals surface area contributed by atoms with Crippen LogP contribution in [0.5, 0.6) is 0 Å². The maximum atomic E-state index is 12.5. The predicted molar refractivity (Wildman–Crippen MR) is 88.9 cm³/mol. The van der Waals surface area contributed by atoms with Crippen LogP contribution in [0.4, 0.5) is 0 Å². The number of piperidine rings is 1. The van der Waals surface area contributed by atoms with Crippen LogP contribution in [0.2, 0.25) is 0 Å². The minimum absolute atomic E-state index is 0.167. The van der Waals surface area contributed by atoms with Gasteiger partial charge in [0.25, 0.3) is 0 Å². The summed E-state index contributed by atoms with van der Waals surface area (Å²) < 4.78 is 6.16. The quantitative estimate of drug-likeness (QED) is 0.852. The highest BCUT2D eigenvalue weighted by atomic mass is 16.5. The minimum Gasteiger partial charge on any atom is -0.365 e. The number of likely N-dealkylation sites (tertiary alicyclic amines) is 1. The van der Waals surface area contributed by atoms with Gasteiger partial charge < -0.3 is 9.64 Å². The van der Waals surface area contributed by atoms with Crippen molar-refractivity contribution in [3.8, 4) is 0 Å². The average molecular weight is 307 g/mol. The van der Waals surface area contributed by atoms with Gasteiger partial charge in [-0.3, -0.25) is 4.79 Å². The highest BCUT2D eigenvalue weighted by Gasteiger charge is 2.42. The van der Waals surface area contributed by atoms with E-state index in [1.54, 1.807) is 0 Å². The number of hydrogen-bond donors (Lipinski definition) is 0. The molecular weight excluding hydrogens is 286 g/mol. The van der Waals surface area contributed by atoms with Crippen LogP contribution in [-0.2, 0) is 28.2 Å². The van der Waals surface area contributed by atoms with Crippen LogP contribution < -0.4 is 0 Å². The van der Waals surface area contributed by atoms with Gasteiger partial charge in [0.2, 0.25) is 5.91 Å². The number of benzene rings is 2. The molecule has 4 rings (SSSR count). The third-order valence-electron chi connectivity index (χ3n) is 5.13. The molecule has 0 atom stereocenters. The van der Waals surface area contributed by atoms with E-state index < -0.39 is 0 Å². The Hall–Kier alpha value is -2.13. The van der Waals surface area contributed by atoms with Crippen LogP contribution in [0.25, 0.3) is 0 Å². The van der Waals surface area contributed by atoms with Crippen molar-refractivity contribution >= 4 is 5.91 Å². The molecule has 1 spiro atoms. The van der Waals surface area contributed by atoms with Crippen molar-refractivity contribution in [1.29, 1.82) is 0 Å². The number of hydrogen-bond acceptors (Lipinski definition) is 2. The number of rotatable bonds is 2.